The lowest BCUT2D eigenvalue weighted by molar-refractivity contribution is -0.125. The van der Waals surface area contributed by atoms with Crippen molar-refractivity contribution in [2.24, 2.45) is 5.92 Å². The highest BCUT2D eigenvalue weighted by Crippen LogP contribution is 2.25. The summed E-state index contributed by atoms with van der Waals surface area (Å²) < 4.78 is 4.67. The number of rotatable bonds is 4. The van der Waals surface area contributed by atoms with Gasteiger partial charge in [-0.2, -0.15) is 0 Å². The Labute approximate surface area is 83.1 Å². The Balaban J connectivity index is 2.31. The summed E-state index contributed by atoms with van der Waals surface area (Å²) in [5.41, 5.74) is 0. The predicted octanol–water partition coefficient (Wildman–Crippen LogP) is -1.12. The molecule has 1 aliphatic rings. The first-order valence-electron chi connectivity index (χ1n) is 4.74. The van der Waals surface area contributed by atoms with E-state index in [9.17, 15) is 9.90 Å². The molecule has 5 nitrogen and oxygen atoms in total. The van der Waals surface area contributed by atoms with Crippen LogP contribution < -0.4 is 5.32 Å². The zero-order chi connectivity index (χ0) is 10.6. The normalized spacial score (nSPS) is 31.8. The summed E-state index contributed by atoms with van der Waals surface area (Å²) in [6.07, 6.45) is 0.640. The van der Waals surface area contributed by atoms with E-state index in [0.29, 0.717) is 12.8 Å². The number of carbonyl (C=O) groups excluding carboxylic acids is 1. The fourth-order valence-electron chi connectivity index (χ4n) is 1.82. The van der Waals surface area contributed by atoms with Gasteiger partial charge in [0, 0.05) is 25.7 Å². The fourth-order valence-corrected chi connectivity index (χ4v) is 1.82. The van der Waals surface area contributed by atoms with Gasteiger partial charge in [-0.15, -0.1) is 0 Å². The Kier molecular flexibility index (Phi) is 4.31. The summed E-state index contributed by atoms with van der Waals surface area (Å²) in [6, 6.07) is -0.0372. The van der Waals surface area contributed by atoms with Crippen LogP contribution in [0.25, 0.3) is 0 Å². The van der Waals surface area contributed by atoms with Crippen LogP contribution in [-0.4, -0.2) is 48.6 Å². The minimum Gasteiger partial charge on any atom is -0.396 e. The lowest BCUT2D eigenvalue weighted by Gasteiger charge is -2.11. The van der Waals surface area contributed by atoms with Crippen molar-refractivity contribution in [3.8, 4) is 0 Å². The quantitative estimate of drug-likeness (QED) is 0.541. The van der Waals surface area contributed by atoms with Crippen molar-refractivity contribution >= 4 is 5.91 Å². The number of nitrogens with one attached hydrogen (secondary N) is 1. The largest absolute Gasteiger partial charge is 0.396 e. The van der Waals surface area contributed by atoms with E-state index in [1.54, 1.807) is 0 Å². The molecular weight excluding hydrogens is 186 g/mol. The number of amides is 1. The molecule has 14 heavy (non-hydrogen) atoms. The van der Waals surface area contributed by atoms with Crippen LogP contribution in [0.5, 0.6) is 0 Å². The van der Waals surface area contributed by atoms with E-state index < -0.39 is 6.10 Å². The average molecular weight is 203 g/mol. The van der Waals surface area contributed by atoms with E-state index in [1.807, 2.05) is 0 Å². The third-order valence-corrected chi connectivity index (χ3v) is 2.53. The maximum atomic E-state index is 11.1. The molecule has 0 saturated heterocycles. The molecule has 1 aliphatic carbocycles. The number of ether oxygens (including phenoxy) is 1. The molecule has 1 rings (SSSR count). The first kappa shape index (κ1) is 11.4. The highest BCUT2D eigenvalue weighted by Gasteiger charge is 2.32. The fraction of sp³-hybridized carbons (Fsp3) is 0.889. The minimum atomic E-state index is -0.507. The topological polar surface area (TPSA) is 78.8 Å². The Morgan fingerprint density at radius 1 is 1.57 bits per heavy atom. The Bertz CT molecular complexity index is 197. The second-order valence-electron chi connectivity index (χ2n) is 3.68. The lowest BCUT2D eigenvalue weighted by Crippen LogP contribution is -2.35. The van der Waals surface area contributed by atoms with Gasteiger partial charge in [0.1, 0.15) is 6.61 Å². The molecule has 5 heteroatoms. The summed E-state index contributed by atoms with van der Waals surface area (Å²) in [4.78, 5) is 11.1. The summed E-state index contributed by atoms with van der Waals surface area (Å²) in [6.45, 7) is 0.00814. The SMILES string of the molecule is COCC(=O)N[C@H]1C[C@@H](CO)[C@H](O)C1. The second-order valence-corrected chi connectivity index (χ2v) is 3.68. The number of carbonyl (C=O) groups is 1. The molecule has 1 saturated carbocycles. The van der Waals surface area contributed by atoms with Gasteiger partial charge in [-0.3, -0.25) is 4.79 Å². The Morgan fingerprint density at radius 3 is 2.79 bits per heavy atom. The molecule has 3 N–H and O–H groups in total. The van der Waals surface area contributed by atoms with Gasteiger partial charge in [0.2, 0.25) is 5.91 Å². The lowest BCUT2D eigenvalue weighted by atomic mass is 10.1. The molecule has 0 aromatic carbocycles. The van der Waals surface area contributed by atoms with Crippen molar-refractivity contribution in [1.82, 2.24) is 5.32 Å². The Morgan fingerprint density at radius 2 is 2.29 bits per heavy atom. The number of aliphatic hydroxyl groups is 2. The van der Waals surface area contributed by atoms with Crippen LogP contribution in [-0.2, 0) is 9.53 Å². The van der Waals surface area contributed by atoms with E-state index >= 15 is 0 Å². The summed E-state index contributed by atoms with van der Waals surface area (Å²) in [5.74, 6) is -0.286. The van der Waals surface area contributed by atoms with Crippen molar-refractivity contribution in [1.29, 1.82) is 0 Å². The maximum Gasteiger partial charge on any atom is 0.246 e. The first-order valence-corrected chi connectivity index (χ1v) is 4.74. The van der Waals surface area contributed by atoms with Crippen molar-refractivity contribution < 1.29 is 19.7 Å². The van der Waals surface area contributed by atoms with Crippen LogP contribution in [0, 0.1) is 5.92 Å². The van der Waals surface area contributed by atoms with Gasteiger partial charge in [0.15, 0.2) is 0 Å². The van der Waals surface area contributed by atoms with Gasteiger partial charge in [0.05, 0.1) is 6.10 Å². The summed E-state index contributed by atoms with van der Waals surface area (Å²) in [5, 5.41) is 21.1. The van der Waals surface area contributed by atoms with Crippen LogP contribution in [0.15, 0.2) is 0 Å². The standard InChI is InChI=1S/C9H17NO4/c1-14-5-9(13)10-7-2-6(4-11)8(12)3-7/h6-8,11-12H,2-5H2,1H3,(H,10,13)/t6-,7-,8+/m0/s1. The monoisotopic (exact) mass is 203 g/mol. The maximum absolute atomic E-state index is 11.1. The molecule has 0 spiro atoms. The van der Waals surface area contributed by atoms with E-state index in [0.717, 1.165) is 0 Å². The molecule has 0 unspecified atom stereocenters. The van der Waals surface area contributed by atoms with Crippen LogP contribution in [0.1, 0.15) is 12.8 Å². The minimum absolute atomic E-state index is 0.0299. The first-order chi connectivity index (χ1) is 6.67. The number of aliphatic hydroxyl groups excluding tert-OH is 2. The van der Waals surface area contributed by atoms with E-state index in [4.69, 9.17) is 5.11 Å². The van der Waals surface area contributed by atoms with E-state index in [-0.39, 0.29) is 31.1 Å². The highest BCUT2D eigenvalue weighted by atomic mass is 16.5. The molecule has 3 atom stereocenters. The number of hydrogen-bond acceptors (Lipinski definition) is 4. The smallest absolute Gasteiger partial charge is 0.246 e. The van der Waals surface area contributed by atoms with Crippen molar-refractivity contribution in [2.75, 3.05) is 20.3 Å². The highest BCUT2D eigenvalue weighted by molar-refractivity contribution is 5.77. The van der Waals surface area contributed by atoms with Crippen LogP contribution in [0.4, 0.5) is 0 Å². The summed E-state index contributed by atoms with van der Waals surface area (Å²) in [7, 11) is 1.46. The van der Waals surface area contributed by atoms with Crippen LogP contribution in [0.3, 0.4) is 0 Å². The van der Waals surface area contributed by atoms with Crippen molar-refractivity contribution in [3.63, 3.8) is 0 Å². The molecule has 0 heterocycles. The zero-order valence-electron chi connectivity index (χ0n) is 8.27. The molecular formula is C9H17NO4. The molecule has 1 fully saturated rings. The van der Waals surface area contributed by atoms with Gasteiger partial charge < -0.3 is 20.3 Å². The van der Waals surface area contributed by atoms with Crippen LogP contribution in [0.2, 0.25) is 0 Å². The molecule has 82 valence electrons. The average Bonchev–Trinajstić information content (AvgIpc) is 2.46. The number of hydrogen-bond donors (Lipinski definition) is 3. The summed E-state index contributed by atoms with van der Waals surface area (Å²) >= 11 is 0. The van der Waals surface area contributed by atoms with Gasteiger partial charge in [-0.05, 0) is 12.8 Å². The van der Waals surface area contributed by atoms with Gasteiger partial charge >= 0.3 is 0 Å². The van der Waals surface area contributed by atoms with Crippen molar-refractivity contribution in [2.45, 2.75) is 25.0 Å². The Hall–Kier alpha value is -0.650. The zero-order valence-corrected chi connectivity index (χ0v) is 8.27. The third-order valence-electron chi connectivity index (χ3n) is 2.53. The van der Waals surface area contributed by atoms with Crippen molar-refractivity contribution in [3.05, 3.63) is 0 Å². The third kappa shape index (κ3) is 2.94. The second kappa shape index (κ2) is 5.29. The van der Waals surface area contributed by atoms with Gasteiger partial charge in [-0.25, -0.2) is 0 Å². The van der Waals surface area contributed by atoms with Gasteiger partial charge in [0.25, 0.3) is 0 Å². The molecule has 0 aromatic rings. The molecule has 0 aliphatic heterocycles. The predicted molar refractivity (Wildman–Crippen MR) is 49.6 cm³/mol. The molecule has 0 aromatic heterocycles. The van der Waals surface area contributed by atoms with E-state index in [1.165, 1.54) is 7.11 Å². The molecule has 0 bridgehead atoms. The van der Waals surface area contributed by atoms with Crippen LogP contribution >= 0.6 is 0 Å². The number of methoxy groups -OCH3 is 1. The van der Waals surface area contributed by atoms with E-state index in [2.05, 4.69) is 10.1 Å². The molecule has 1 amide bonds. The van der Waals surface area contributed by atoms with Gasteiger partial charge in [-0.1, -0.05) is 0 Å². The molecule has 0 radical (unpaired) electrons.